The van der Waals surface area contributed by atoms with Gasteiger partial charge in [0.15, 0.2) is 5.75 Å². The first-order chi connectivity index (χ1) is 20.5. The molecule has 0 unspecified atom stereocenters. The number of likely N-dealkylation sites (tertiary alicyclic amines) is 1. The van der Waals surface area contributed by atoms with E-state index in [9.17, 15) is 14.0 Å². The molecule has 1 amide bonds. The molecule has 0 aliphatic carbocycles. The average Bonchev–Trinajstić information content (AvgIpc) is 3.01. The summed E-state index contributed by atoms with van der Waals surface area (Å²) in [4.78, 5) is 33.0. The Balaban J connectivity index is 1.05. The lowest BCUT2D eigenvalue weighted by molar-refractivity contribution is -0.148. The lowest BCUT2D eigenvalue weighted by atomic mass is 9.97. The van der Waals surface area contributed by atoms with Crippen molar-refractivity contribution in [3.63, 3.8) is 0 Å². The van der Waals surface area contributed by atoms with Gasteiger partial charge in [-0.1, -0.05) is 12.1 Å². The molecule has 2 aliphatic rings. The van der Waals surface area contributed by atoms with E-state index in [0.717, 1.165) is 17.0 Å². The quantitative estimate of drug-likeness (QED) is 0.303. The molecule has 10 heteroatoms. The Morgan fingerprint density at radius 1 is 0.905 bits per heavy atom. The minimum Gasteiger partial charge on any atom is -0.490 e. The fourth-order valence-corrected chi connectivity index (χ4v) is 5.19. The van der Waals surface area contributed by atoms with E-state index >= 15 is 0 Å². The molecule has 5 rings (SSSR count). The number of benzene rings is 2. The molecule has 0 N–H and O–H groups in total. The third kappa shape index (κ3) is 7.90. The Hall–Kier alpha value is -4.34. The topological polar surface area (TPSA) is 90.4 Å². The molecule has 2 saturated heterocycles. The number of amides is 1. The van der Waals surface area contributed by atoms with Crippen molar-refractivity contribution in [2.45, 2.75) is 45.3 Å². The summed E-state index contributed by atoms with van der Waals surface area (Å²) in [5.74, 6) is 1.30. The SMILES string of the molecule is CCOC(=O)C1CCN(c2cncc(OC(=O)N3CCC(Oc4ccc(OCc5cccc(F)c5)cc4)CC3)c2)CC1. The first kappa shape index (κ1) is 29.2. The van der Waals surface area contributed by atoms with Gasteiger partial charge in [0.05, 0.1) is 30.6 Å². The summed E-state index contributed by atoms with van der Waals surface area (Å²) in [5, 5.41) is 0. The molecule has 0 radical (unpaired) electrons. The predicted molar refractivity (Wildman–Crippen MR) is 154 cm³/mol. The molecule has 2 aliphatic heterocycles. The van der Waals surface area contributed by atoms with Crippen molar-refractivity contribution in [3.05, 3.63) is 78.4 Å². The largest absolute Gasteiger partial charge is 0.490 e. The van der Waals surface area contributed by atoms with Gasteiger partial charge in [0.1, 0.15) is 30.0 Å². The summed E-state index contributed by atoms with van der Waals surface area (Å²) < 4.78 is 36.0. The van der Waals surface area contributed by atoms with Crippen molar-refractivity contribution in [2.75, 3.05) is 37.7 Å². The third-order valence-electron chi connectivity index (χ3n) is 7.51. The molecule has 0 bridgehead atoms. The Morgan fingerprint density at radius 2 is 1.64 bits per heavy atom. The van der Waals surface area contributed by atoms with Crippen LogP contribution in [0.15, 0.2) is 67.0 Å². The van der Waals surface area contributed by atoms with Gasteiger partial charge in [-0.15, -0.1) is 0 Å². The van der Waals surface area contributed by atoms with E-state index in [0.29, 0.717) is 70.0 Å². The van der Waals surface area contributed by atoms with E-state index in [1.54, 1.807) is 17.2 Å². The second-order valence-corrected chi connectivity index (χ2v) is 10.5. The summed E-state index contributed by atoms with van der Waals surface area (Å²) in [5.41, 5.74) is 1.62. The Kier molecular flexibility index (Phi) is 9.74. The fraction of sp³-hybridized carbons (Fsp3) is 0.406. The van der Waals surface area contributed by atoms with Crippen LogP contribution >= 0.6 is 0 Å². The van der Waals surface area contributed by atoms with Gasteiger partial charge in [0.25, 0.3) is 0 Å². The van der Waals surface area contributed by atoms with E-state index in [1.165, 1.54) is 18.3 Å². The van der Waals surface area contributed by atoms with Crippen LogP contribution in [-0.4, -0.2) is 60.8 Å². The van der Waals surface area contributed by atoms with Gasteiger partial charge in [0, 0.05) is 45.1 Å². The van der Waals surface area contributed by atoms with Crippen LogP contribution < -0.4 is 19.1 Å². The lowest BCUT2D eigenvalue weighted by Gasteiger charge is -2.33. The van der Waals surface area contributed by atoms with E-state index < -0.39 is 6.09 Å². The first-order valence-corrected chi connectivity index (χ1v) is 14.4. The zero-order chi connectivity index (χ0) is 29.3. The molecule has 2 fully saturated rings. The minimum atomic E-state index is -0.409. The number of carbonyl (C=O) groups excluding carboxylic acids is 2. The zero-order valence-electron chi connectivity index (χ0n) is 23.7. The number of rotatable bonds is 9. The predicted octanol–water partition coefficient (Wildman–Crippen LogP) is 5.62. The number of nitrogens with zero attached hydrogens (tertiary/aromatic N) is 3. The number of aromatic nitrogens is 1. The number of halogens is 1. The van der Waals surface area contributed by atoms with Crippen molar-refractivity contribution in [2.24, 2.45) is 5.92 Å². The number of piperidine rings is 2. The third-order valence-corrected chi connectivity index (χ3v) is 7.51. The number of anilines is 1. The number of hydrogen-bond donors (Lipinski definition) is 0. The summed E-state index contributed by atoms with van der Waals surface area (Å²) in [6, 6.07) is 15.5. The van der Waals surface area contributed by atoms with E-state index in [-0.39, 0.29) is 30.4 Å². The summed E-state index contributed by atoms with van der Waals surface area (Å²) in [6.07, 6.45) is 5.65. The Labute approximate surface area is 245 Å². The molecule has 9 nitrogen and oxygen atoms in total. The molecule has 42 heavy (non-hydrogen) atoms. The van der Waals surface area contributed by atoms with Crippen LogP contribution in [0.1, 0.15) is 38.2 Å². The van der Waals surface area contributed by atoms with Crippen LogP contribution in [0.4, 0.5) is 14.9 Å². The van der Waals surface area contributed by atoms with E-state index in [1.807, 2.05) is 43.3 Å². The minimum absolute atomic E-state index is 0.0179. The second kappa shape index (κ2) is 14.0. The van der Waals surface area contributed by atoms with Crippen LogP contribution in [0.2, 0.25) is 0 Å². The van der Waals surface area contributed by atoms with Crippen molar-refractivity contribution < 1.29 is 32.9 Å². The van der Waals surface area contributed by atoms with Crippen molar-refractivity contribution in [1.82, 2.24) is 9.88 Å². The molecular weight excluding hydrogens is 541 g/mol. The molecule has 3 heterocycles. The number of carbonyl (C=O) groups is 2. The highest BCUT2D eigenvalue weighted by molar-refractivity contribution is 5.73. The molecule has 3 aromatic rings. The molecule has 1 aromatic heterocycles. The number of esters is 1. The van der Waals surface area contributed by atoms with E-state index in [4.69, 9.17) is 18.9 Å². The maximum Gasteiger partial charge on any atom is 0.415 e. The van der Waals surface area contributed by atoms with Crippen LogP contribution in [-0.2, 0) is 16.1 Å². The molecule has 0 saturated carbocycles. The molecule has 222 valence electrons. The molecule has 0 spiro atoms. The van der Waals surface area contributed by atoms with Crippen LogP contribution in [0.3, 0.4) is 0 Å². The monoisotopic (exact) mass is 577 g/mol. The van der Waals surface area contributed by atoms with E-state index in [2.05, 4.69) is 9.88 Å². The molecule has 2 aromatic carbocycles. The van der Waals surface area contributed by atoms with Crippen LogP contribution in [0.5, 0.6) is 17.2 Å². The van der Waals surface area contributed by atoms with Crippen molar-refractivity contribution in [3.8, 4) is 17.2 Å². The van der Waals surface area contributed by atoms with Gasteiger partial charge < -0.3 is 28.7 Å². The smallest absolute Gasteiger partial charge is 0.415 e. The molecular formula is C32H36FN3O6. The summed E-state index contributed by atoms with van der Waals surface area (Å²) in [6.45, 7) is 4.95. The highest BCUT2D eigenvalue weighted by atomic mass is 19.1. The van der Waals surface area contributed by atoms with Crippen molar-refractivity contribution >= 4 is 17.7 Å². The summed E-state index contributed by atoms with van der Waals surface area (Å²) >= 11 is 0. The van der Waals surface area contributed by atoms with Gasteiger partial charge >= 0.3 is 12.1 Å². The van der Waals surface area contributed by atoms with Gasteiger partial charge in [0.2, 0.25) is 0 Å². The zero-order valence-corrected chi connectivity index (χ0v) is 23.7. The maximum absolute atomic E-state index is 13.3. The van der Waals surface area contributed by atoms with Crippen molar-refractivity contribution in [1.29, 1.82) is 0 Å². The molecule has 0 atom stereocenters. The maximum atomic E-state index is 13.3. The summed E-state index contributed by atoms with van der Waals surface area (Å²) in [7, 11) is 0. The Bertz CT molecular complexity index is 1340. The van der Waals surface area contributed by atoms with Crippen LogP contribution in [0.25, 0.3) is 0 Å². The highest BCUT2D eigenvalue weighted by Crippen LogP contribution is 2.27. The number of hydrogen-bond acceptors (Lipinski definition) is 8. The first-order valence-electron chi connectivity index (χ1n) is 14.4. The normalized spacial score (nSPS) is 16.1. The van der Waals surface area contributed by atoms with Crippen LogP contribution in [0, 0.1) is 11.7 Å². The average molecular weight is 578 g/mol. The second-order valence-electron chi connectivity index (χ2n) is 10.5. The van der Waals surface area contributed by atoms with Gasteiger partial charge in [-0.05, 0) is 61.7 Å². The van der Waals surface area contributed by atoms with Gasteiger partial charge in [-0.3, -0.25) is 9.78 Å². The van der Waals surface area contributed by atoms with Gasteiger partial charge in [-0.2, -0.15) is 0 Å². The fourth-order valence-electron chi connectivity index (χ4n) is 5.19. The highest BCUT2D eigenvalue weighted by Gasteiger charge is 2.28. The number of pyridine rings is 1. The lowest BCUT2D eigenvalue weighted by Crippen LogP contribution is -2.43. The number of ether oxygens (including phenoxy) is 4. The Morgan fingerprint density at radius 3 is 2.36 bits per heavy atom. The van der Waals surface area contributed by atoms with Gasteiger partial charge in [-0.25, -0.2) is 9.18 Å². The standard InChI is InChI=1S/C32H36FN3O6/c1-2-39-31(37)24-10-14-35(15-11-24)26-19-30(21-34-20-26)42-32(38)36-16-12-29(13-17-36)41-28-8-6-27(7-9-28)40-22-23-4-3-5-25(33)18-23/h3-9,18-21,24,29H,2,10-17,22H2,1H3.